The van der Waals surface area contributed by atoms with Crippen LogP contribution in [0.3, 0.4) is 0 Å². The number of benzene rings is 1. The maximum Gasteiger partial charge on any atom is 0.292 e. The van der Waals surface area contributed by atoms with Crippen LogP contribution in [0.1, 0.15) is 65.5 Å². The Bertz CT molecular complexity index is 703. The summed E-state index contributed by atoms with van der Waals surface area (Å²) in [6.07, 6.45) is 5.47. The molecule has 2 heterocycles. The highest BCUT2D eigenvalue weighted by atomic mass is 16.3. The third-order valence-electron chi connectivity index (χ3n) is 4.81. The van der Waals surface area contributed by atoms with E-state index in [4.69, 9.17) is 4.42 Å². The normalized spacial score (nSPS) is 20.8. The fourth-order valence-corrected chi connectivity index (χ4v) is 3.53. The molecule has 1 aromatic carbocycles. The smallest absolute Gasteiger partial charge is 0.292 e. The van der Waals surface area contributed by atoms with Crippen LogP contribution in [0.4, 0.5) is 0 Å². The van der Waals surface area contributed by atoms with Crippen molar-refractivity contribution in [3.8, 4) is 0 Å². The maximum absolute atomic E-state index is 13.0. The average molecular weight is 296 g/mol. The zero-order valence-corrected chi connectivity index (χ0v) is 12.8. The molecule has 1 amide bonds. The summed E-state index contributed by atoms with van der Waals surface area (Å²) < 4.78 is 5.46. The van der Waals surface area contributed by atoms with Gasteiger partial charge in [-0.15, -0.1) is 0 Å². The lowest BCUT2D eigenvalue weighted by atomic mass is 9.91. The number of hydrogen-bond donors (Lipinski definition) is 0. The number of aromatic nitrogens is 1. The molecule has 0 saturated heterocycles. The lowest BCUT2D eigenvalue weighted by molar-refractivity contribution is 0.0621. The second kappa shape index (κ2) is 5.27. The molecular weight excluding hydrogens is 276 g/mol. The molecule has 1 fully saturated rings. The molecule has 1 unspecified atom stereocenters. The number of carbonyl (C=O) groups excluding carboxylic acids is 1. The van der Waals surface area contributed by atoms with Gasteiger partial charge in [-0.3, -0.25) is 4.79 Å². The molecule has 114 valence electrons. The highest BCUT2D eigenvalue weighted by Crippen LogP contribution is 2.42. The van der Waals surface area contributed by atoms with Crippen molar-refractivity contribution in [3.63, 3.8) is 0 Å². The third-order valence-corrected chi connectivity index (χ3v) is 4.81. The average Bonchev–Trinajstić information content (AvgIpc) is 3.30. The first-order valence-electron chi connectivity index (χ1n) is 8.11. The molecule has 0 radical (unpaired) electrons. The van der Waals surface area contributed by atoms with Crippen molar-refractivity contribution in [1.82, 2.24) is 9.88 Å². The van der Waals surface area contributed by atoms with Crippen molar-refractivity contribution >= 4 is 5.91 Å². The standard InChI is InChI=1S/C18H20N2O2/c1-2-15-14-6-4-3-5-12(14)9-10-20(15)18(21)17-16(13-7-8-13)19-11-22-17/h3-6,11,13,15H,2,7-10H2,1H3. The molecule has 22 heavy (non-hydrogen) atoms. The van der Waals surface area contributed by atoms with Crippen molar-refractivity contribution in [2.75, 3.05) is 6.54 Å². The Labute approximate surface area is 130 Å². The van der Waals surface area contributed by atoms with Gasteiger partial charge < -0.3 is 9.32 Å². The Hall–Kier alpha value is -2.10. The quantitative estimate of drug-likeness (QED) is 0.867. The van der Waals surface area contributed by atoms with Gasteiger partial charge in [0.1, 0.15) is 0 Å². The third kappa shape index (κ3) is 2.14. The van der Waals surface area contributed by atoms with Crippen LogP contribution in [0.5, 0.6) is 0 Å². The number of carbonyl (C=O) groups is 1. The highest BCUT2D eigenvalue weighted by molar-refractivity contribution is 5.93. The second-order valence-electron chi connectivity index (χ2n) is 6.21. The Balaban J connectivity index is 1.67. The van der Waals surface area contributed by atoms with Gasteiger partial charge in [-0.2, -0.15) is 0 Å². The first-order valence-corrected chi connectivity index (χ1v) is 8.11. The van der Waals surface area contributed by atoms with Crippen LogP contribution < -0.4 is 0 Å². The van der Waals surface area contributed by atoms with Crippen molar-refractivity contribution < 1.29 is 9.21 Å². The van der Waals surface area contributed by atoms with Gasteiger partial charge in [-0.1, -0.05) is 31.2 Å². The molecule has 2 aliphatic rings. The number of amides is 1. The molecule has 0 spiro atoms. The first-order chi connectivity index (χ1) is 10.8. The molecule has 1 aliphatic carbocycles. The van der Waals surface area contributed by atoms with E-state index < -0.39 is 0 Å². The number of hydrogen-bond acceptors (Lipinski definition) is 3. The Morgan fingerprint density at radius 3 is 2.95 bits per heavy atom. The van der Waals surface area contributed by atoms with E-state index in [1.807, 2.05) is 4.90 Å². The van der Waals surface area contributed by atoms with Crippen molar-refractivity contribution in [2.24, 2.45) is 0 Å². The van der Waals surface area contributed by atoms with Gasteiger partial charge in [0.05, 0.1) is 11.7 Å². The van der Waals surface area contributed by atoms with Crippen LogP contribution in [-0.4, -0.2) is 22.3 Å². The molecule has 4 rings (SSSR count). The number of oxazole rings is 1. The number of rotatable bonds is 3. The predicted molar refractivity (Wildman–Crippen MR) is 82.7 cm³/mol. The van der Waals surface area contributed by atoms with Gasteiger partial charge in [0.2, 0.25) is 5.76 Å². The summed E-state index contributed by atoms with van der Waals surface area (Å²) in [4.78, 5) is 19.2. The van der Waals surface area contributed by atoms with Crippen LogP contribution in [0, 0.1) is 0 Å². The molecule has 0 bridgehead atoms. The van der Waals surface area contributed by atoms with Gasteiger partial charge in [0.15, 0.2) is 6.39 Å². The van der Waals surface area contributed by atoms with Gasteiger partial charge in [0, 0.05) is 12.5 Å². The van der Waals surface area contributed by atoms with Crippen LogP contribution in [0.15, 0.2) is 35.1 Å². The summed E-state index contributed by atoms with van der Waals surface area (Å²) in [7, 11) is 0. The lowest BCUT2D eigenvalue weighted by Crippen LogP contribution is -2.40. The van der Waals surface area contributed by atoms with Crippen molar-refractivity contribution in [1.29, 1.82) is 0 Å². The molecule has 1 saturated carbocycles. The van der Waals surface area contributed by atoms with E-state index in [9.17, 15) is 4.79 Å². The van der Waals surface area contributed by atoms with Gasteiger partial charge in [-0.05, 0) is 36.8 Å². The summed E-state index contributed by atoms with van der Waals surface area (Å²) in [6, 6.07) is 8.58. The minimum absolute atomic E-state index is 0.000697. The summed E-state index contributed by atoms with van der Waals surface area (Å²) in [5, 5.41) is 0. The second-order valence-corrected chi connectivity index (χ2v) is 6.21. The molecule has 4 heteroatoms. The zero-order valence-electron chi connectivity index (χ0n) is 12.8. The molecule has 4 nitrogen and oxygen atoms in total. The topological polar surface area (TPSA) is 46.3 Å². The first kappa shape index (κ1) is 13.6. The van der Waals surface area contributed by atoms with Crippen LogP contribution in [-0.2, 0) is 6.42 Å². The largest absolute Gasteiger partial charge is 0.438 e. The predicted octanol–water partition coefficient (Wildman–Crippen LogP) is 3.70. The molecule has 1 aliphatic heterocycles. The van der Waals surface area contributed by atoms with Crippen LogP contribution in [0.2, 0.25) is 0 Å². The summed E-state index contributed by atoms with van der Waals surface area (Å²) in [5.74, 6) is 0.885. The Kier molecular flexibility index (Phi) is 3.25. The summed E-state index contributed by atoms with van der Waals surface area (Å²) >= 11 is 0. The molecular formula is C18H20N2O2. The van der Waals surface area contributed by atoms with Gasteiger partial charge in [0.25, 0.3) is 5.91 Å². The highest BCUT2D eigenvalue weighted by Gasteiger charge is 2.37. The minimum Gasteiger partial charge on any atom is -0.438 e. The Morgan fingerprint density at radius 1 is 1.36 bits per heavy atom. The van der Waals surface area contributed by atoms with Crippen LogP contribution >= 0.6 is 0 Å². The Morgan fingerprint density at radius 2 is 2.18 bits per heavy atom. The fourth-order valence-electron chi connectivity index (χ4n) is 3.53. The van der Waals surface area contributed by atoms with Crippen LogP contribution in [0.25, 0.3) is 0 Å². The lowest BCUT2D eigenvalue weighted by Gasteiger charge is -2.36. The molecule has 1 aromatic heterocycles. The summed E-state index contributed by atoms with van der Waals surface area (Å²) in [6.45, 7) is 2.88. The molecule has 2 aromatic rings. The summed E-state index contributed by atoms with van der Waals surface area (Å²) in [5.41, 5.74) is 3.49. The monoisotopic (exact) mass is 296 g/mol. The fraction of sp³-hybridized carbons (Fsp3) is 0.444. The SMILES string of the molecule is CCC1c2ccccc2CCN1C(=O)c1ocnc1C1CC1. The number of fused-ring (bicyclic) bond motifs is 1. The van der Waals surface area contributed by atoms with E-state index >= 15 is 0 Å². The minimum atomic E-state index is 0.000697. The van der Waals surface area contributed by atoms with E-state index in [-0.39, 0.29) is 11.9 Å². The van der Waals surface area contributed by atoms with Gasteiger partial charge in [-0.25, -0.2) is 4.98 Å². The zero-order chi connectivity index (χ0) is 15.1. The van der Waals surface area contributed by atoms with Gasteiger partial charge >= 0.3 is 0 Å². The van der Waals surface area contributed by atoms with E-state index in [1.54, 1.807) is 0 Å². The van der Waals surface area contributed by atoms with E-state index in [0.29, 0.717) is 11.7 Å². The van der Waals surface area contributed by atoms with E-state index in [2.05, 4.69) is 36.2 Å². The van der Waals surface area contributed by atoms with Crippen molar-refractivity contribution in [2.45, 2.75) is 44.6 Å². The van der Waals surface area contributed by atoms with E-state index in [0.717, 1.165) is 37.9 Å². The van der Waals surface area contributed by atoms with Crippen molar-refractivity contribution in [3.05, 3.63) is 53.2 Å². The van der Waals surface area contributed by atoms with E-state index in [1.165, 1.54) is 17.5 Å². The molecule has 0 N–H and O–H groups in total. The number of nitrogens with zero attached hydrogens (tertiary/aromatic N) is 2. The maximum atomic E-state index is 13.0. The molecule has 1 atom stereocenters.